The van der Waals surface area contributed by atoms with E-state index in [0.29, 0.717) is 12.2 Å². The van der Waals surface area contributed by atoms with Gasteiger partial charge in [-0.3, -0.25) is 14.8 Å². The van der Waals surface area contributed by atoms with Gasteiger partial charge in [0.15, 0.2) is 0 Å². The third kappa shape index (κ3) is 4.42. The number of carbonyl (C=O) groups excluding carboxylic acids is 1. The zero-order valence-corrected chi connectivity index (χ0v) is 11.8. The molecule has 0 saturated carbocycles. The van der Waals surface area contributed by atoms with Crippen molar-refractivity contribution in [2.75, 3.05) is 32.7 Å². The minimum Gasteiger partial charge on any atom is -0.333 e. The number of aryl methyl sites for hydroxylation is 1. The fourth-order valence-corrected chi connectivity index (χ4v) is 2.24. The molecule has 1 amide bonds. The number of halogens is 3. The molecule has 1 N–H and O–H groups in total. The van der Waals surface area contributed by atoms with Crippen LogP contribution in [0.1, 0.15) is 29.8 Å². The van der Waals surface area contributed by atoms with Gasteiger partial charge in [-0.05, 0) is 6.42 Å². The summed E-state index contributed by atoms with van der Waals surface area (Å²) in [7, 11) is 0. The molecule has 0 bridgehead atoms. The summed E-state index contributed by atoms with van der Waals surface area (Å²) in [5.74, 6) is 0.402. The second kappa shape index (κ2) is 6.42. The number of carbonyl (C=O) groups is 1. The Labute approximate surface area is 120 Å². The van der Waals surface area contributed by atoms with E-state index in [1.54, 1.807) is 0 Å². The molecule has 1 aliphatic heterocycles. The SMILES string of the molecule is CCCc1nc(C(=O)N2CCN(CC(F)(F)F)CC2)n[nH]1. The van der Waals surface area contributed by atoms with Gasteiger partial charge in [0, 0.05) is 32.6 Å². The van der Waals surface area contributed by atoms with Crippen LogP contribution in [0.5, 0.6) is 0 Å². The van der Waals surface area contributed by atoms with Crippen molar-refractivity contribution >= 4 is 5.91 Å². The normalized spacial score (nSPS) is 17.2. The van der Waals surface area contributed by atoms with Crippen molar-refractivity contribution in [1.82, 2.24) is 25.0 Å². The van der Waals surface area contributed by atoms with Gasteiger partial charge in [-0.1, -0.05) is 6.92 Å². The van der Waals surface area contributed by atoms with E-state index in [1.807, 2.05) is 6.92 Å². The van der Waals surface area contributed by atoms with Gasteiger partial charge in [0.2, 0.25) is 5.82 Å². The van der Waals surface area contributed by atoms with Gasteiger partial charge >= 0.3 is 6.18 Å². The van der Waals surface area contributed by atoms with Crippen LogP contribution in [0.15, 0.2) is 0 Å². The van der Waals surface area contributed by atoms with Gasteiger partial charge in [0.25, 0.3) is 5.91 Å². The Balaban J connectivity index is 1.87. The molecule has 0 unspecified atom stereocenters. The molecular weight excluding hydrogens is 287 g/mol. The Morgan fingerprint density at radius 1 is 1.29 bits per heavy atom. The summed E-state index contributed by atoms with van der Waals surface area (Å²) in [5, 5.41) is 6.57. The molecule has 0 aliphatic carbocycles. The van der Waals surface area contributed by atoms with Crippen LogP contribution in [0.4, 0.5) is 13.2 Å². The summed E-state index contributed by atoms with van der Waals surface area (Å²) in [6, 6.07) is 0. The Bertz CT molecular complexity index is 479. The maximum atomic E-state index is 12.3. The standard InChI is InChI=1S/C12H18F3N5O/c1-2-3-9-16-10(18-17-9)11(21)20-6-4-19(5-7-20)8-12(13,14)15/h2-8H2,1H3,(H,16,17,18). The average molecular weight is 305 g/mol. The van der Waals surface area contributed by atoms with Crippen molar-refractivity contribution in [3.05, 3.63) is 11.6 Å². The predicted molar refractivity (Wildman–Crippen MR) is 68.8 cm³/mol. The van der Waals surface area contributed by atoms with Gasteiger partial charge in [0.05, 0.1) is 6.54 Å². The molecule has 2 rings (SSSR count). The van der Waals surface area contributed by atoms with E-state index in [0.717, 1.165) is 6.42 Å². The highest BCUT2D eigenvalue weighted by Gasteiger charge is 2.33. The Morgan fingerprint density at radius 2 is 1.95 bits per heavy atom. The summed E-state index contributed by atoms with van der Waals surface area (Å²) >= 11 is 0. The van der Waals surface area contributed by atoms with E-state index in [4.69, 9.17) is 0 Å². The van der Waals surface area contributed by atoms with Crippen LogP contribution in [0.25, 0.3) is 0 Å². The number of aromatic amines is 1. The number of amides is 1. The summed E-state index contributed by atoms with van der Waals surface area (Å²) in [6.45, 7) is 1.98. The number of piperazine rings is 1. The second-order valence-electron chi connectivity index (χ2n) is 5.04. The van der Waals surface area contributed by atoms with Crippen LogP contribution in [0.3, 0.4) is 0 Å². The summed E-state index contributed by atoms with van der Waals surface area (Å²) < 4.78 is 36.9. The van der Waals surface area contributed by atoms with Crippen LogP contribution in [-0.4, -0.2) is 69.8 Å². The number of aromatic nitrogens is 3. The molecule has 0 atom stereocenters. The molecule has 1 fully saturated rings. The molecule has 1 aromatic rings. The molecule has 0 spiro atoms. The maximum absolute atomic E-state index is 12.3. The first-order valence-corrected chi connectivity index (χ1v) is 6.88. The number of alkyl halides is 3. The highest BCUT2D eigenvalue weighted by Crippen LogP contribution is 2.17. The van der Waals surface area contributed by atoms with Crippen LogP contribution < -0.4 is 0 Å². The number of nitrogens with zero attached hydrogens (tertiary/aromatic N) is 4. The third-order valence-corrected chi connectivity index (χ3v) is 3.27. The average Bonchev–Trinajstić information content (AvgIpc) is 2.86. The first kappa shape index (κ1) is 15.7. The number of nitrogens with one attached hydrogen (secondary N) is 1. The predicted octanol–water partition coefficient (Wildman–Crippen LogP) is 1.08. The minimum atomic E-state index is -4.20. The molecule has 2 heterocycles. The Morgan fingerprint density at radius 3 is 2.52 bits per heavy atom. The Kier molecular flexibility index (Phi) is 4.81. The first-order valence-electron chi connectivity index (χ1n) is 6.88. The van der Waals surface area contributed by atoms with Crippen molar-refractivity contribution in [2.24, 2.45) is 0 Å². The number of rotatable bonds is 4. The molecule has 21 heavy (non-hydrogen) atoms. The van der Waals surface area contributed by atoms with Gasteiger partial charge in [-0.25, -0.2) is 4.98 Å². The molecule has 0 aromatic carbocycles. The molecule has 0 radical (unpaired) electrons. The second-order valence-corrected chi connectivity index (χ2v) is 5.04. The molecule has 118 valence electrons. The fourth-order valence-electron chi connectivity index (χ4n) is 2.24. The third-order valence-electron chi connectivity index (χ3n) is 3.27. The van der Waals surface area contributed by atoms with E-state index in [1.165, 1.54) is 9.80 Å². The molecule has 1 saturated heterocycles. The lowest BCUT2D eigenvalue weighted by Gasteiger charge is -2.34. The van der Waals surface area contributed by atoms with E-state index in [-0.39, 0.29) is 37.9 Å². The van der Waals surface area contributed by atoms with Gasteiger partial charge < -0.3 is 4.90 Å². The molecule has 6 nitrogen and oxygen atoms in total. The van der Waals surface area contributed by atoms with Crippen LogP contribution in [-0.2, 0) is 6.42 Å². The van der Waals surface area contributed by atoms with Crippen molar-refractivity contribution < 1.29 is 18.0 Å². The zero-order chi connectivity index (χ0) is 15.5. The molecule has 9 heteroatoms. The topological polar surface area (TPSA) is 65.1 Å². The maximum Gasteiger partial charge on any atom is 0.401 e. The van der Waals surface area contributed by atoms with E-state index in [2.05, 4.69) is 15.2 Å². The number of hydrogen-bond acceptors (Lipinski definition) is 4. The van der Waals surface area contributed by atoms with E-state index >= 15 is 0 Å². The lowest BCUT2D eigenvalue weighted by molar-refractivity contribution is -0.148. The highest BCUT2D eigenvalue weighted by atomic mass is 19.4. The van der Waals surface area contributed by atoms with Gasteiger partial charge in [0.1, 0.15) is 5.82 Å². The monoisotopic (exact) mass is 305 g/mol. The van der Waals surface area contributed by atoms with Crippen LogP contribution in [0, 0.1) is 0 Å². The molecule has 1 aliphatic rings. The number of H-pyrrole nitrogens is 1. The van der Waals surface area contributed by atoms with Gasteiger partial charge in [-0.15, -0.1) is 5.10 Å². The summed E-state index contributed by atoms with van der Waals surface area (Å²) in [6.07, 6.45) is -2.61. The van der Waals surface area contributed by atoms with E-state index < -0.39 is 12.7 Å². The summed E-state index contributed by atoms with van der Waals surface area (Å²) in [5.41, 5.74) is 0. The zero-order valence-electron chi connectivity index (χ0n) is 11.8. The quantitative estimate of drug-likeness (QED) is 0.904. The smallest absolute Gasteiger partial charge is 0.333 e. The van der Waals surface area contributed by atoms with Crippen molar-refractivity contribution in [3.63, 3.8) is 0 Å². The fraction of sp³-hybridized carbons (Fsp3) is 0.750. The van der Waals surface area contributed by atoms with Gasteiger partial charge in [-0.2, -0.15) is 13.2 Å². The van der Waals surface area contributed by atoms with Crippen molar-refractivity contribution in [1.29, 1.82) is 0 Å². The molecule has 1 aromatic heterocycles. The first-order chi connectivity index (χ1) is 9.89. The summed E-state index contributed by atoms with van der Waals surface area (Å²) in [4.78, 5) is 19.0. The van der Waals surface area contributed by atoms with Crippen molar-refractivity contribution in [3.8, 4) is 0 Å². The van der Waals surface area contributed by atoms with Crippen LogP contribution >= 0.6 is 0 Å². The molecular formula is C12H18F3N5O. The minimum absolute atomic E-state index is 0.0859. The lowest BCUT2D eigenvalue weighted by Crippen LogP contribution is -2.51. The number of hydrogen-bond donors (Lipinski definition) is 1. The lowest BCUT2D eigenvalue weighted by atomic mass is 10.3. The van der Waals surface area contributed by atoms with Crippen LogP contribution in [0.2, 0.25) is 0 Å². The Hall–Kier alpha value is -1.64. The largest absolute Gasteiger partial charge is 0.401 e. The van der Waals surface area contributed by atoms with Crippen molar-refractivity contribution in [2.45, 2.75) is 25.9 Å². The highest BCUT2D eigenvalue weighted by molar-refractivity contribution is 5.90. The van der Waals surface area contributed by atoms with E-state index in [9.17, 15) is 18.0 Å².